The van der Waals surface area contributed by atoms with Crippen LogP contribution in [0.5, 0.6) is 5.75 Å². The van der Waals surface area contributed by atoms with E-state index in [1.165, 1.54) is 0 Å². The maximum absolute atomic E-state index is 5.48. The van der Waals surface area contributed by atoms with Gasteiger partial charge in [0.25, 0.3) is 0 Å². The Bertz CT molecular complexity index is 765. The second kappa shape index (κ2) is 6.40. The summed E-state index contributed by atoms with van der Waals surface area (Å²) in [6.07, 6.45) is 3.68. The molecule has 0 amide bonds. The summed E-state index contributed by atoms with van der Waals surface area (Å²) >= 11 is 1.75. The van der Waals surface area contributed by atoms with Gasteiger partial charge in [0.2, 0.25) is 0 Å². The summed E-state index contributed by atoms with van der Waals surface area (Å²) in [5, 5.41) is 6.15. The van der Waals surface area contributed by atoms with Gasteiger partial charge in [-0.3, -0.25) is 0 Å². The Hall–Kier alpha value is -2.01. The largest absolute Gasteiger partial charge is 0.494 e. The minimum atomic E-state index is 0.488. The lowest BCUT2D eigenvalue weighted by atomic mass is 10.1. The van der Waals surface area contributed by atoms with Gasteiger partial charge in [0, 0.05) is 23.2 Å². The van der Waals surface area contributed by atoms with Crippen molar-refractivity contribution in [2.45, 2.75) is 31.0 Å². The monoisotopic (exact) mass is 313 g/mol. The third-order valence-corrected chi connectivity index (χ3v) is 4.17. The molecular weight excluding hydrogens is 294 g/mol. The van der Waals surface area contributed by atoms with Gasteiger partial charge >= 0.3 is 0 Å². The Morgan fingerprint density at radius 2 is 2.00 bits per heavy atom. The number of ether oxygens (including phenoxy) is 1. The number of rotatable bonds is 5. The van der Waals surface area contributed by atoms with Gasteiger partial charge in [-0.25, -0.2) is 9.50 Å². The molecule has 0 aliphatic carbocycles. The molecule has 0 aliphatic heterocycles. The molecule has 0 atom stereocenters. The fourth-order valence-electron chi connectivity index (χ4n) is 2.24. The van der Waals surface area contributed by atoms with Crippen molar-refractivity contribution in [2.75, 3.05) is 6.61 Å². The lowest BCUT2D eigenvalue weighted by molar-refractivity contribution is 0.340. The molecule has 0 unspecified atom stereocenters. The first-order chi connectivity index (χ1) is 10.7. The molecule has 0 bridgehead atoms. The van der Waals surface area contributed by atoms with Crippen molar-refractivity contribution in [3.63, 3.8) is 0 Å². The SMILES string of the molecule is CCOc1ccc(-c2cc3c(SC(C)C)nccn3n2)cc1. The molecule has 0 saturated heterocycles. The average Bonchev–Trinajstić information content (AvgIpc) is 2.93. The molecule has 5 heteroatoms. The van der Waals surface area contributed by atoms with Crippen LogP contribution in [0.15, 0.2) is 47.8 Å². The first-order valence-electron chi connectivity index (χ1n) is 7.41. The number of hydrogen-bond donors (Lipinski definition) is 0. The molecule has 0 spiro atoms. The fourth-order valence-corrected chi connectivity index (χ4v) is 3.08. The predicted octanol–water partition coefficient (Wildman–Crippen LogP) is 4.30. The highest BCUT2D eigenvalue weighted by molar-refractivity contribution is 8.00. The third-order valence-electron chi connectivity index (χ3n) is 3.16. The van der Waals surface area contributed by atoms with Crippen molar-refractivity contribution in [2.24, 2.45) is 0 Å². The molecule has 0 N–H and O–H groups in total. The van der Waals surface area contributed by atoms with Crippen LogP contribution in [-0.4, -0.2) is 26.5 Å². The van der Waals surface area contributed by atoms with Crippen LogP contribution in [0.4, 0.5) is 0 Å². The highest BCUT2D eigenvalue weighted by Gasteiger charge is 2.10. The summed E-state index contributed by atoms with van der Waals surface area (Å²) in [5.74, 6) is 0.882. The second-order valence-electron chi connectivity index (χ2n) is 5.22. The quantitative estimate of drug-likeness (QED) is 0.659. The van der Waals surface area contributed by atoms with E-state index in [0.29, 0.717) is 11.9 Å². The summed E-state index contributed by atoms with van der Waals surface area (Å²) in [6.45, 7) is 6.99. The van der Waals surface area contributed by atoms with E-state index < -0.39 is 0 Å². The van der Waals surface area contributed by atoms with Crippen molar-refractivity contribution in [1.29, 1.82) is 0 Å². The molecule has 0 saturated carbocycles. The van der Waals surface area contributed by atoms with Gasteiger partial charge < -0.3 is 4.74 Å². The summed E-state index contributed by atoms with van der Waals surface area (Å²) in [7, 11) is 0. The molecule has 4 nitrogen and oxygen atoms in total. The summed E-state index contributed by atoms with van der Waals surface area (Å²) in [4.78, 5) is 4.47. The molecule has 3 rings (SSSR count). The van der Waals surface area contributed by atoms with E-state index in [-0.39, 0.29) is 0 Å². The van der Waals surface area contributed by atoms with E-state index in [4.69, 9.17) is 4.74 Å². The Morgan fingerprint density at radius 1 is 1.23 bits per heavy atom. The van der Waals surface area contributed by atoms with Crippen molar-refractivity contribution < 1.29 is 4.74 Å². The first-order valence-corrected chi connectivity index (χ1v) is 8.29. The Balaban J connectivity index is 1.97. The summed E-state index contributed by atoms with van der Waals surface area (Å²) in [5.41, 5.74) is 3.07. The zero-order chi connectivity index (χ0) is 15.5. The lowest BCUT2D eigenvalue weighted by Gasteiger charge is -2.04. The minimum Gasteiger partial charge on any atom is -0.494 e. The van der Waals surface area contributed by atoms with E-state index in [1.54, 1.807) is 18.0 Å². The fraction of sp³-hybridized carbons (Fsp3) is 0.294. The Labute approximate surface area is 134 Å². The van der Waals surface area contributed by atoms with Gasteiger partial charge in [-0.05, 0) is 37.3 Å². The van der Waals surface area contributed by atoms with E-state index in [0.717, 1.165) is 27.5 Å². The van der Waals surface area contributed by atoms with Crippen molar-refractivity contribution in [1.82, 2.24) is 14.6 Å². The molecule has 3 aromatic rings. The molecule has 2 aromatic heterocycles. The molecule has 1 aromatic carbocycles. The predicted molar refractivity (Wildman–Crippen MR) is 90.6 cm³/mol. The van der Waals surface area contributed by atoms with Gasteiger partial charge in [-0.1, -0.05) is 13.8 Å². The van der Waals surface area contributed by atoms with Crippen molar-refractivity contribution >= 4 is 17.3 Å². The zero-order valence-corrected chi connectivity index (χ0v) is 13.8. The molecule has 2 heterocycles. The van der Waals surface area contributed by atoms with E-state index in [9.17, 15) is 0 Å². The van der Waals surface area contributed by atoms with Gasteiger partial charge in [0.05, 0.1) is 17.8 Å². The molecule has 22 heavy (non-hydrogen) atoms. The second-order valence-corrected chi connectivity index (χ2v) is 6.78. The maximum atomic E-state index is 5.48. The number of thioether (sulfide) groups is 1. The van der Waals surface area contributed by atoms with Crippen molar-refractivity contribution in [3.05, 3.63) is 42.7 Å². The van der Waals surface area contributed by atoms with Crippen LogP contribution in [0.3, 0.4) is 0 Å². The van der Waals surface area contributed by atoms with Gasteiger partial charge in [-0.2, -0.15) is 5.10 Å². The standard InChI is InChI=1S/C17H19N3OS/c1-4-21-14-7-5-13(6-8-14)15-11-16-17(22-12(2)3)18-9-10-20(16)19-15/h5-12H,4H2,1-3H3. The third kappa shape index (κ3) is 3.09. The number of hydrogen-bond acceptors (Lipinski definition) is 4. The Morgan fingerprint density at radius 3 is 2.68 bits per heavy atom. The maximum Gasteiger partial charge on any atom is 0.122 e. The highest BCUT2D eigenvalue weighted by Crippen LogP contribution is 2.28. The van der Waals surface area contributed by atoms with Crippen LogP contribution in [0.2, 0.25) is 0 Å². The van der Waals surface area contributed by atoms with Gasteiger partial charge in [0.1, 0.15) is 10.8 Å². The van der Waals surface area contributed by atoms with Crippen LogP contribution < -0.4 is 4.74 Å². The summed E-state index contributed by atoms with van der Waals surface area (Å²) < 4.78 is 7.37. The van der Waals surface area contributed by atoms with Gasteiger partial charge in [0.15, 0.2) is 0 Å². The average molecular weight is 313 g/mol. The van der Waals surface area contributed by atoms with Crippen LogP contribution >= 0.6 is 11.8 Å². The van der Waals surface area contributed by atoms with Crippen LogP contribution in [-0.2, 0) is 0 Å². The minimum absolute atomic E-state index is 0.488. The van der Waals surface area contributed by atoms with E-state index >= 15 is 0 Å². The zero-order valence-electron chi connectivity index (χ0n) is 13.0. The number of benzene rings is 1. The van der Waals surface area contributed by atoms with Gasteiger partial charge in [-0.15, -0.1) is 11.8 Å². The highest BCUT2D eigenvalue weighted by atomic mass is 32.2. The van der Waals surface area contributed by atoms with E-state index in [2.05, 4.69) is 30.0 Å². The van der Waals surface area contributed by atoms with Crippen LogP contribution in [0, 0.1) is 0 Å². The normalized spacial score (nSPS) is 11.3. The topological polar surface area (TPSA) is 39.4 Å². The van der Waals surface area contributed by atoms with Crippen molar-refractivity contribution in [3.8, 4) is 17.0 Å². The van der Waals surface area contributed by atoms with Crippen LogP contribution in [0.25, 0.3) is 16.8 Å². The first kappa shape index (κ1) is 14.9. The number of nitrogens with zero attached hydrogens (tertiary/aromatic N) is 3. The summed E-state index contributed by atoms with van der Waals surface area (Å²) in [6, 6.07) is 10.1. The smallest absolute Gasteiger partial charge is 0.122 e. The molecule has 0 fully saturated rings. The van der Waals surface area contributed by atoms with E-state index in [1.807, 2.05) is 41.9 Å². The molecule has 0 aliphatic rings. The Kier molecular flexibility index (Phi) is 4.34. The number of aromatic nitrogens is 3. The number of fused-ring (bicyclic) bond motifs is 1. The molecular formula is C17H19N3OS. The lowest BCUT2D eigenvalue weighted by Crippen LogP contribution is -1.94. The molecule has 114 valence electrons. The van der Waals surface area contributed by atoms with Crippen LogP contribution in [0.1, 0.15) is 20.8 Å². The molecule has 0 radical (unpaired) electrons.